The van der Waals surface area contributed by atoms with E-state index in [1.54, 1.807) is 152 Å². The first-order valence-electron chi connectivity index (χ1n) is 44.1. The molecule has 2 aliphatic rings. The number of esters is 1. The molecule has 6 aromatic rings. The zero-order valence-corrected chi connectivity index (χ0v) is 74.9. The maximum Gasteiger partial charge on any atom is 0.339 e. The monoisotopic (exact) mass is 1800 g/mol. The van der Waals surface area contributed by atoms with Gasteiger partial charge in [0.25, 0.3) is 35.4 Å². The topological polar surface area (TPSA) is 479 Å². The fourth-order valence-corrected chi connectivity index (χ4v) is 14.1. The van der Waals surface area contributed by atoms with Gasteiger partial charge in [-0.2, -0.15) is 0 Å². The van der Waals surface area contributed by atoms with Crippen LogP contribution in [0.2, 0.25) is 0 Å². The number of hydrogen-bond acceptors (Lipinski definition) is 22. The quantitative estimate of drug-likeness (QED) is 0.0113. The van der Waals surface area contributed by atoms with E-state index in [4.69, 9.17) is 25.7 Å². The van der Waals surface area contributed by atoms with Crippen molar-refractivity contribution in [2.75, 3.05) is 112 Å². The average molecular weight is 1800 g/mol. The van der Waals surface area contributed by atoms with E-state index in [1.165, 1.54) is 9.80 Å². The van der Waals surface area contributed by atoms with Gasteiger partial charge in [-0.25, -0.2) is 40.3 Å². The SMILES string of the molecule is CCCCCC(Cc1ccccc1)C(=O)N(CC(=O)NN(CC(=O)NN(CC(N)=O)C(=O)N(CCC(C)C)Cc1ccccc1)C(=O)N(CCCC)Cc1ccccc1)NC(=O)CNC(=O)C(Cc1cccc(C(=O)CN2CCOCC2)c1)NNC(=O)CNC(=O)C(Cc1cccc(C(=O)N2CCOCC2)c1)NNC(=O)CNC(=O)C(N)Cc1cccc(C(=O)OC(C)C)c1. The number of urea groups is 2. The first kappa shape index (κ1) is 102. The maximum atomic E-state index is 15.4. The molecule has 8 rings (SSSR count). The minimum Gasteiger partial charge on any atom is -0.459 e. The summed E-state index contributed by atoms with van der Waals surface area (Å²) in [6, 6.07) is 40.5. The number of benzene rings is 6. The minimum atomic E-state index is -1.49. The van der Waals surface area contributed by atoms with Crippen LogP contribution in [0.25, 0.3) is 0 Å². The molecular formula is C93H125N19O18. The van der Waals surface area contributed by atoms with Crippen molar-refractivity contribution in [2.45, 2.75) is 149 Å². The highest BCUT2D eigenvalue weighted by Gasteiger charge is 2.35. The number of unbranched alkanes of at least 4 members (excludes halogenated alkanes) is 3. The Bertz CT molecular complexity index is 4750. The fourth-order valence-electron chi connectivity index (χ4n) is 14.1. The first-order valence-corrected chi connectivity index (χ1v) is 44.1. The smallest absolute Gasteiger partial charge is 0.339 e. The highest BCUT2D eigenvalue weighted by Crippen LogP contribution is 2.22. The number of morpholine rings is 2. The maximum absolute atomic E-state index is 15.4. The molecule has 4 atom stereocenters. The normalized spacial score (nSPS) is 13.5. The van der Waals surface area contributed by atoms with Crippen LogP contribution in [-0.2, 0) is 101 Å². The van der Waals surface area contributed by atoms with Gasteiger partial charge >= 0.3 is 18.0 Å². The van der Waals surface area contributed by atoms with Crippen molar-refractivity contribution in [3.8, 4) is 0 Å². The number of amides is 15. The summed E-state index contributed by atoms with van der Waals surface area (Å²) < 4.78 is 16.2. The lowest BCUT2D eigenvalue weighted by Gasteiger charge is -2.33. The third-order valence-corrected chi connectivity index (χ3v) is 21.0. The summed E-state index contributed by atoms with van der Waals surface area (Å²) in [6.45, 7) is 9.86. The first-order chi connectivity index (χ1) is 62.5. The molecule has 130 heavy (non-hydrogen) atoms. The number of hydrazine groups is 5. The van der Waals surface area contributed by atoms with Gasteiger partial charge in [-0.1, -0.05) is 187 Å². The Morgan fingerprint density at radius 2 is 0.892 bits per heavy atom. The van der Waals surface area contributed by atoms with Gasteiger partial charge in [0.1, 0.15) is 31.7 Å². The molecule has 15 amide bonds. The third-order valence-electron chi connectivity index (χ3n) is 21.0. The van der Waals surface area contributed by atoms with E-state index < -0.39 is 140 Å². The molecule has 700 valence electrons. The van der Waals surface area contributed by atoms with Gasteiger partial charge in [0.2, 0.25) is 29.5 Å². The van der Waals surface area contributed by atoms with Gasteiger partial charge < -0.3 is 56.3 Å². The largest absolute Gasteiger partial charge is 0.459 e. The molecule has 2 fully saturated rings. The Morgan fingerprint density at radius 3 is 1.42 bits per heavy atom. The molecule has 2 heterocycles. The zero-order chi connectivity index (χ0) is 93.9. The van der Waals surface area contributed by atoms with E-state index in [0.717, 1.165) is 27.6 Å². The molecule has 6 aromatic carbocycles. The number of ether oxygens (including phenoxy) is 3. The number of nitrogens with zero attached hydrogens (tertiary/aromatic N) is 7. The third kappa shape index (κ3) is 35.9. The second-order valence-corrected chi connectivity index (χ2v) is 32.6. The van der Waals surface area contributed by atoms with Gasteiger partial charge in [-0.3, -0.25) is 89.6 Å². The number of ketones is 1. The van der Waals surface area contributed by atoms with E-state index in [2.05, 4.69) is 53.9 Å². The summed E-state index contributed by atoms with van der Waals surface area (Å²) in [5.41, 5.74) is 34.1. The number of Topliss-reactive ketones (excluding diaryl/α,β-unsaturated/α-hetero) is 1. The van der Waals surface area contributed by atoms with E-state index in [1.807, 2.05) is 62.9 Å². The lowest BCUT2D eigenvalue weighted by Crippen LogP contribution is -2.61. The van der Waals surface area contributed by atoms with Crippen molar-refractivity contribution in [1.29, 1.82) is 0 Å². The Hall–Kier alpha value is -13.1. The molecule has 37 nitrogen and oxygen atoms in total. The number of primary amides is 1. The number of rotatable bonds is 48. The van der Waals surface area contributed by atoms with Crippen LogP contribution >= 0.6 is 0 Å². The van der Waals surface area contributed by atoms with Crippen LogP contribution < -0.4 is 65.4 Å². The van der Waals surface area contributed by atoms with E-state index in [0.29, 0.717) is 123 Å². The van der Waals surface area contributed by atoms with Crippen molar-refractivity contribution >= 4 is 88.8 Å². The summed E-state index contributed by atoms with van der Waals surface area (Å²) in [6.07, 6.45) is 3.20. The van der Waals surface area contributed by atoms with Crippen LogP contribution in [0.1, 0.15) is 151 Å². The summed E-state index contributed by atoms with van der Waals surface area (Å²) >= 11 is 0. The van der Waals surface area contributed by atoms with Crippen LogP contribution in [0.4, 0.5) is 9.59 Å². The molecule has 2 aliphatic heterocycles. The van der Waals surface area contributed by atoms with E-state index >= 15 is 14.4 Å². The van der Waals surface area contributed by atoms with E-state index in [-0.39, 0.29) is 94.1 Å². The van der Waals surface area contributed by atoms with Crippen molar-refractivity contribution < 1.29 is 86.1 Å². The van der Waals surface area contributed by atoms with Gasteiger partial charge in [0, 0.05) is 69.4 Å². The lowest BCUT2D eigenvalue weighted by atomic mass is 9.92. The number of hydrogen-bond donors (Lipinski definition) is 12. The van der Waals surface area contributed by atoms with Crippen molar-refractivity contribution in [2.24, 2.45) is 23.3 Å². The Balaban J connectivity index is 1.03. The number of carbonyl (C=O) groups excluding carboxylic acids is 15. The average Bonchev–Trinajstić information content (AvgIpc) is 0.845. The molecule has 2 saturated heterocycles. The second-order valence-electron chi connectivity index (χ2n) is 32.6. The van der Waals surface area contributed by atoms with E-state index in [9.17, 15) is 57.5 Å². The molecule has 0 spiro atoms. The predicted octanol–water partition coefficient (Wildman–Crippen LogP) is 3.46. The Morgan fingerprint density at radius 1 is 0.446 bits per heavy atom. The zero-order valence-electron chi connectivity index (χ0n) is 74.9. The molecular weight excluding hydrogens is 1670 g/mol. The summed E-state index contributed by atoms with van der Waals surface area (Å²) in [7, 11) is 0. The minimum absolute atomic E-state index is 0.00870. The summed E-state index contributed by atoms with van der Waals surface area (Å²) in [5, 5.41) is 9.75. The molecule has 0 aromatic heterocycles. The molecule has 0 aliphatic carbocycles. The summed E-state index contributed by atoms with van der Waals surface area (Å²) in [4.78, 5) is 219. The standard InChI is InChI=1S/C93H125N19O18/c1-7-9-14-33-74(48-66-24-15-11-16-25-66)90(124)110(62-84(118)105-112(92(126)108(38-10-8-2)58-67-26-17-12-18-27-67)63-85(119)104-111(61-80(95)114)93(127)109(39-37-64(3)4)59-68-28-19-13-20-29-68)103-83(117)57-98-88(122)77(53-70-31-21-34-72(49-70)79(113)60-106-40-44-128-45-41-106)99-102-82(116)56-97-87(121)78(54-71-32-22-35-73(50-71)89(123)107-42-46-129-47-43-107)100-101-81(115)55-96-86(120)76(94)52-69-30-23-36-75(51-69)91(125)130-65(5)6/h11-13,15-32,34-36,49-51,64-65,74,76-78,99-100H,7-10,14,33,37-48,52-63,94H2,1-6H3,(H2,95,114)(H,96,120)(H,97,121)(H,98,122)(H,101,115)(H,102,116)(H,103,117)(H,104,119)(H,105,118). The van der Waals surface area contributed by atoms with Gasteiger partial charge in [-0.15, -0.1) is 0 Å². The van der Waals surface area contributed by atoms with Crippen LogP contribution in [-0.4, -0.2) is 259 Å². The van der Waals surface area contributed by atoms with Crippen LogP contribution in [0.5, 0.6) is 0 Å². The molecule has 0 bridgehead atoms. The number of nitrogens with two attached hydrogens (primary N) is 2. The predicted molar refractivity (Wildman–Crippen MR) is 482 cm³/mol. The number of nitrogens with one attached hydrogen (secondary N) is 10. The molecule has 0 radical (unpaired) electrons. The van der Waals surface area contributed by atoms with Crippen molar-refractivity contribution in [1.82, 2.24) is 88.6 Å². The summed E-state index contributed by atoms with van der Waals surface area (Å²) in [5.74, 6) is -11.1. The van der Waals surface area contributed by atoms with Gasteiger partial charge in [-0.05, 0) is 128 Å². The van der Waals surface area contributed by atoms with Crippen LogP contribution in [0.3, 0.4) is 0 Å². The van der Waals surface area contributed by atoms with Crippen molar-refractivity contribution in [3.63, 3.8) is 0 Å². The fraction of sp³-hybridized carbons (Fsp3) is 0.452. The lowest BCUT2D eigenvalue weighted by molar-refractivity contribution is -0.148. The van der Waals surface area contributed by atoms with Gasteiger partial charge in [0.15, 0.2) is 5.78 Å². The highest BCUT2D eigenvalue weighted by molar-refractivity contribution is 5.99. The molecule has 14 N–H and O–H groups in total. The van der Waals surface area contributed by atoms with Crippen molar-refractivity contribution in [3.05, 3.63) is 214 Å². The molecule has 37 heteroatoms. The Labute approximate surface area is 758 Å². The second kappa shape index (κ2) is 54.3. The van der Waals surface area contributed by atoms with Gasteiger partial charge in [0.05, 0.1) is 70.3 Å². The van der Waals surface area contributed by atoms with Crippen LogP contribution in [0, 0.1) is 11.8 Å². The Kier molecular flexibility index (Phi) is 42.7. The van der Waals surface area contributed by atoms with Crippen LogP contribution in [0.15, 0.2) is 164 Å². The highest BCUT2D eigenvalue weighted by atomic mass is 16.5. The number of carbonyl (C=O) groups is 15. The molecule has 0 saturated carbocycles. The molecule has 4 unspecified atom stereocenters.